The van der Waals surface area contributed by atoms with Crippen LogP contribution in [0.3, 0.4) is 0 Å². The zero-order valence-electron chi connectivity index (χ0n) is 16.5. The molecule has 0 spiro atoms. The Morgan fingerprint density at radius 3 is 2.22 bits per heavy atom. The van der Waals surface area contributed by atoms with Crippen LogP contribution < -0.4 is 15.1 Å². The summed E-state index contributed by atoms with van der Waals surface area (Å²) < 4.78 is 0. The highest BCUT2D eigenvalue weighted by molar-refractivity contribution is 5.80. The second kappa shape index (κ2) is 9.56. The van der Waals surface area contributed by atoms with Crippen LogP contribution in [-0.2, 0) is 4.79 Å². The summed E-state index contributed by atoms with van der Waals surface area (Å²) in [4.78, 5) is 16.5. The molecule has 1 amide bonds. The number of benzene rings is 2. The Kier molecular flexibility index (Phi) is 6.88. The number of hydrogen-bond acceptors (Lipinski definition) is 2. The minimum Gasteiger partial charge on any atom is -0.360 e. The molecule has 4 nitrogen and oxygen atoms in total. The molecule has 3 rings (SSSR count). The van der Waals surface area contributed by atoms with Gasteiger partial charge in [-0.1, -0.05) is 55.5 Å². The fourth-order valence-corrected chi connectivity index (χ4v) is 3.91. The van der Waals surface area contributed by atoms with Crippen LogP contribution in [0.5, 0.6) is 0 Å². The van der Waals surface area contributed by atoms with E-state index in [2.05, 4.69) is 78.7 Å². The molecule has 2 atom stereocenters. The molecular formula is C23H32N3O+. The topological polar surface area (TPSA) is 36.8 Å². The van der Waals surface area contributed by atoms with Crippen molar-refractivity contribution < 1.29 is 9.69 Å². The van der Waals surface area contributed by atoms with Crippen molar-refractivity contribution in [1.29, 1.82) is 0 Å². The van der Waals surface area contributed by atoms with Crippen molar-refractivity contribution in [2.24, 2.45) is 0 Å². The monoisotopic (exact) mass is 366 g/mol. The molecule has 0 aliphatic carbocycles. The molecule has 1 aliphatic heterocycles. The van der Waals surface area contributed by atoms with E-state index in [1.54, 1.807) is 0 Å². The maximum Gasteiger partial charge on any atom is 0.278 e. The van der Waals surface area contributed by atoms with Crippen molar-refractivity contribution in [1.82, 2.24) is 5.32 Å². The minimum absolute atomic E-state index is 0.00352. The summed E-state index contributed by atoms with van der Waals surface area (Å²) in [5.74, 6) is 0.555. The lowest BCUT2D eigenvalue weighted by Gasteiger charge is -2.36. The quantitative estimate of drug-likeness (QED) is 0.787. The average Bonchev–Trinajstić information content (AvgIpc) is 2.75. The van der Waals surface area contributed by atoms with Crippen LogP contribution in [0.2, 0.25) is 0 Å². The van der Waals surface area contributed by atoms with Gasteiger partial charge in [0.05, 0.1) is 26.2 Å². The van der Waals surface area contributed by atoms with E-state index in [0.717, 1.165) is 32.6 Å². The summed E-state index contributed by atoms with van der Waals surface area (Å²) in [7, 11) is 0. The van der Waals surface area contributed by atoms with Gasteiger partial charge in [0, 0.05) is 18.2 Å². The number of hydrogen-bond donors (Lipinski definition) is 2. The molecule has 4 heteroatoms. The van der Waals surface area contributed by atoms with E-state index in [0.29, 0.717) is 12.5 Å². The second-order valence-corrected chi connectivity index (χ2v) is 7.46. The van der Waals surface area contributed by atoms with Gasteiger partial charge in [0.2, 0.25) is 0 Å². The number of anilines is 1. The van der Waals surface area contributed by atoms with E-state index >= 15 is 0 Å². The number of piperazine rings is 1. The van der Waals surface area contributed by atoms with Crippen molar-refractivity contribution in [3.63, 3.8) is 0 Å². The lowest BCUT2D eigenvalue weighted by atomic mass is 9.96. The van der Waals surface area contributed by atoms with Gasteiger partial charge in [-0.2, -0.15) is 0 Å². The van der Waals surface area contributed by atoms with E-state index in [4.69, 9.17) is 0 Å². The highest BCUT2D eigenvalue weighted by Crippen LogP contribution is 2.18. The van der Waals surface area contributed by atoms with Crippen LogP contribution in [0, 0.1) is 0 Å². The Hall–Kier alpha value is -2.33. The van der Waals surface area contributed by atoms with Gasteiger partial charge in [0.1, 0.15) is 0 Å². The van der Waals surface area contributed by atoms with Gasteiger partial charge in [0.25, 0.3) is 5.91 Å². The number of nitrogens with zero attached hydrogens (tertiary/aromatic N) is 1. The Morgan fingerprint density at radius 1 is 1.04 bits per heavy atom. The number of rotatable bonds is 7. The second-order valence-electron chi connectivity index (χ2n) is 7.46. The summed E-state index contributed by atoms with van der Waals surface area (Å²) >= 11 is 0. The molecule has 1 aliphatic rings. The molecule has 2 aromatic rings. The minimum atomic E-state index is -0.00352. The first-order valence-corrected chi connectivity index (χ1v) is 10.2. The fraction of sp³-hybridized carbons (Fsp3) is 0.435. The molecule has 1 saturated heterocycles. The maximum atomic E-state index is 12.7. The molecule has 0 unspecified atom stereocenters. The number of amides is 1. The Balaban J connectivity index is 1.48. The first-order chi connectivity index (χ1) is 13.2. The first-order valence-electron chi connectivity index (χ1n) is 10.2. The largest absolute Gasteiger partial charge is 0.360 e. The van der Waals surface area contributed by atoms with Gasteiger partial charge in [-0.15, -0.1) is 0 Å². The average molecular weight is 367 g/mol. The predicted octanol–water partition coefficient (Wildman–Crippen LogP) is 2.09. The van der Waals surface area contributed by atoms with Crippen molar-refractivity contribution in [3.05, 3.63) is 66.2 Å². The van der Waals surface area contributed by atoms with Crippen LogP contribution in [0.25, 0.3) is 0 Å². The zero-order valence-corrected chi connectivity index (χ0v) is 16.5. The predicted molar refractivity (Wildman–Crippen MR) is 111 cm³/mol. The number of carbonyl (C=O) groups is 1. The molecule has 27 heavy (non-hydrogen) atoms. The Bertz CT molecular complexity index is 696. The normalized spacial score (nSPS) is 17.3. The van der Waals surface area contributed by atoms with E-state index in [1.165, 1.54) is 16.2 Å². The summed E-state index contributed by atoms with van der Waals surface area (Å²) in [6.07, 6.45) is 1.03. The van der Waals surface area contributed by atoms with E-state index in [1.807, 2.05) is 6.07 Å². The molecule has 1 heterocycles. The third kappa shape index (κ3) is 5.10. The third-order valence-electron chi connectivity index (χ3n) is 5.82. The first kappa shape index (κ1) is 19.4. The highest BCUT2D eigenvalue weighted by atomic mass is 16.2. The lowest BCUT2D eigenvalue weighted by Crippen LogP contribution is -3.19. The SMILES string of the molecule is CC[C@@H](CNC(=O)[C@@H](C)[NH+]1CCN(c2ccccc2)CC1)c1ccccc1. The van der Waals surface area contributed by atoms with Crippen molar-refractivity contribution in [2.45, 2.75) is 32.2 Å². The van der Waals surface area contributed by atoms with Gasteiger partial charge >= 0.3 is 0 Å². The number of quaternary nitrogens is 1. The molecule has 0 saturated carbocycles. The smallest absolute Gasteiger partial charge is 0.278 e. The van der Waals surface area contributed by atoms with Crippen LogP contribution in [0.4, 0.5) is 5.69 Å². The summed E-state index contributed by atoms with van der Waals surface area (Å²) in [6, 6.07) is 21.0. The Labute approximate surface area is 163 Å². The molecule has 0 aromatic heterocycles. The number of carbonyl (C=O) groups excluding carboxylic acids is 1. The molecule has 0 bridgehead atoms. The lowest BCUT2D eigenvalue weighted by molar-refractivity contribution is -0.914. The molecule has 2 N–H and O–H groups in total. The molecule has 144 valence electrons. The zero-order chi connectivity index (χ0) is 19.1. The summed E-state index contributed by atoms with van der Waals surface area (Å²) in [5, 5.41) is 3.20. The van der Waals surface area contributed by atoms with Crippen LogP contribution in [0.15, 0.2) is 60.7 Å². The highest BCUT2D eigenvalue weighted by Gasteiger charge is 2.29. The fourth-order valence-electron chi connectivity index (χ4n) is 3.91. The van der Waals surface area contributed by atoms with Gasteiger partial charge in [-0.25, -0.2) is 0 Å². The van der Waals surface area contributed by atoms with Gasteiger partial charge in [-0.05, 0) is 31.0 Å². The van der Waals surface area contributed by atoms with Crippen LogP contribution >= 0.6 is 0 Å². The van der Waals surface area contributed by atoms with Crippen molar-refractivity contribution in [3.8, 4) is 0 Å². The molecule has 2 aromatic carbocycles. The van der Waals surface area contributed by atoms with Gasteiger partial charge < -0.3 is 15.1 Å². The van der Waals surface area contributed by atoms with Gasteiger partial charge in [0.15, 0.2) is 6.04 Å². The maximum absolute atomic E-state index is 12.7. The van der Waals surface area contributed by atoms with Crippen molar-refractivity contribution in [2.75, 3.05) is 37.6 Å². The van der Waals surface area contributed by atoms with E-state index < -0.39 is 0 Å². The van der Waals surface area contributed by atoms with E-state index in [9.17, 15) is 4.79 Å². The van der Waals surface area contributed by atoms with Crippen molar-refractivity contribution >= 4 is 11.6 Å². The van der Waals surface area contributed by atoms with Crippen LogP contribution in [-0.4, -0.2) is 44.7 Å². The standard InChI is InChI=1S/C23H31N3O/c1-3-20(21-10-6-4-7-11-21)18-24-23(27)19(2)25-14-16-26(17-15-25)22-12-8-5-9-13-22/h4-13,19-20H,3,14-18H2,1-2H3,(H,24,27)/p+1/t19-,20+/m1/s1. The van der Waals surface area contributed by atoms with Gasteiger partial charge in [-0.3, -0.25) is 4.79 Å². The summed E-state index contributed by atoms with van der Waals surface area (Å²) in [5.41, 5.74) is 2.58. The Morgan fingerprint density at radius 2 is 1.63 bits per heavy atom. The van der Waals surface area contributed by atoms with Crippen LogP contribution in [0.1, 0.15) is 31.7 Å². The molecular weight excluding hydrogens is 334 g/mol. The molecule has 1 fully saturated rings. The molecule has 0 radical (unpaired) electrons. The number of nitrogens with one attached hydrogen (secondary N) is 2. The third-order valence-corrected chi connectivity index (χ3v) is 5.82. The summed E-state index contributed by atoms with van der Waals surface area (Å²) in [6.45, 7) is 8.95. The number of para-hydroxylation sites is 1. The van der Waals surface area contributed by atoms with E-state index in [-0.39, 0.29) is 11.9 Å².